The van der Waals surface area contributed by atoms with Gasteiger partial charge in [0.25, 0.3) is 0 Å². The molecule has 0 saturated heterocycles. The minimum atomic E-state index is 0.126. The predicted octanol–water partition coefficient (Wildman–Crippen LogP) is 3.92. The van der Waals surface area contributed by atoms with E-state index >= 15 is 0 Å². The van der Waals surface area contributed by atoms with Gasteiger partial charge in [0.1, 0.15) is 18.1 Å². The molecule has 0 saturated carbocycles. The van der Waals surface area contributed by atoms with Gasteiger partial charge in [-0.05, 0) is 25.5 Å². The zero-order valence-corrected chi connectivity index (χ0v) is 12.6. The first-order chi connectivity index (χ1) is 9.74. The summed E-state index contributed by atoms with van der Waals surface area (Å²) in [5, 5.41) is 0. The van der Waals surface area contributed by atoms with Crippen molar-refractivity contribution >= 4 is 6.08 Å². The van der Waals surface area contributed by atoms with E-state index in [-0.39, 0.29) is 6.10 Å². The Hall–Kier alpha value is -1.48. The minimum Gasteiger partial charge on any atom is -0.496 e. The Labute approximate surface area is 122 Å². The van der Waals surface area contributed by atoms with Gasteiger partial charge in [0.2, 0.25) is 0 Å². The molecule has 1 aromatic carbocycles. The highest BCUT2D eigenvalue weighted by Gasteiger charge is 2.10. The molecule has 0 aliphatic heterocycles. The number of rotatable bonds is 10. The van der Waals surface area contributed by atoms with Crippen LogP contribution in [0, 0.1) is 12.6 Å². The summed E-state index contributed by atoms with van der Waals surface area (Å²) in [6.45, 7) is 11.0. The van der Waals surface area contributed by atoms with Gasteiger partial charge in [-0.3, -0.25) is 0 Å². The van der Waals surface area contributed by atoms with E-state index in [2.05, 4.69) is 13.0 Å². The maximum absolute atomic E-state index is 5.75. The molecule has 0 bridgehead atoms. The number of hydrogen-bond acceptors (Lipinski definition) is 3. The molecule has 1 rings (SSSR count). The molecular weight excluding hydrogens is 252 g/mol. The van der Waals surface area contributed by atoms with Gasteiger partial charge in [-0.2, -0.15) is 0 Å². The van der Waals surface area contributed by atoms with E-state index in [0.717, 1.165) is 24.8 Å². The molecule has 0 heterocycles. The lowest BCUT2D eigenvalue weighted by atomic mass is 10.1. The van der Waals surface area contributed by atoms with Crippen LogP contribution in [0.25, 0.3) is 6.08 Å². The summed E-state index contributed by atoms with van der Waals surface area (Å²) in [5.41, 5.74) is 0.794. The lowest BCUT2D eigenvalue weighted by Gasteiger charge is -2.18. The molecule has 0 spiro atoms. The van der Waals surface area contributed by atoms with E-state index < -0.39 is 0 Å². The molecule has 0 aromatic heterocycles. The fourth-order valence-electron chi connectivity index (χ4n) is 1.93. The summed E-state index contributed by atoms with van der Waals surface area (Å²) in [6.07, 6.45) is 4.93. The summed E-state index contributed by atoms with van der Waals surface area (Å²) < 4.78 is 16.6. The van der Waals surface area contributed by atoms with Gasteiger partial charge < -0.3 is 14.2 Å². The molecular formula is C17H24O3. The van der Waals surface area contributed by atoms with E-state index in [4.69, 9.17) is 20.8 Å². The molecule has 3 nitrogen and oxygen atoms in total. The van der Waals surface area contributed by atoms with Crippen molar-refractivity contribution in [2.75, 3.05) is 20.3 Å². The Balaban J connectivity index is 2.60. The van der Waals surface area contributed by atoms with Crippen molar-refractivity contribution in [2.45, 2.75) is 39.2 Å². The van der Waals surface area contributed by atoms with Gasteiger partial charge in [0, 0.05) is 18.2 Å². The van der Waals surface area contributed by atoms with E-state index in [1.54, 1.807) is 13.2 Å². The number of unbranched alkanes of at least 4 members (excludes halogenated alkanes) is 1. The monoisotopic (exact) mass is 276 g/mol. The molecule has 1 atom stereocenters. The molecule has 2 radical (unpaired) electrons. The third-order valence-electron chi connectivity index (χ3n) is 3.02. The molecule has 0 aliphatic rings. The molecule has 0 N–H and O–H groups in total. The van der Waals surface area contributed by atoms with Crippen molar-refractivity contribution in [3.8, 4) is 11.5 Å². The normalized spacial score (nSPS) is 11.9. The smallest absolute Gasteiger partial charge is 0.128 e. The van der Waals surface area contributed by atoms with Crippen LogP contribution in [0.4, 0.5) is 0 Å². The van der Waals surface area contributed by atoms with Crippen LogP contribution in [0.3, 0.4) is 0 Å². The van der Waals surface area contributed by atoms with Gasteiger partial charge in [0.15, 0.2) is 0 Å². The van der Waals surface area contributed by atoms with Crippen LogP contribution in [0.1, 0.15) is 38.7 Å². The Bertz CT molecular complexity index is 401. The summed E-state index contributed by atoms with van der Waals surface area (Å²) >= 11 is 0. The second-order valence-corrected chi connectivity index (χ2v) is 4.52. The highest BCUT2D eigenvalue weighted by molar-refractivity contribution is 5.57. The number of hydrogen-bond donors (Lipinski definition) is 0. The van der Waals surface area contributed by atoms with Crippen molar-refractivity contribution < 1.29 is 14.2 Å². The molecule has 0 aliphatic carbocycles. The van der Waals surface area contributed by atoms with Crippen LogP contribution < -0.4 is 9.47 Å². The quantitative estimate of drug-likeness (QED) is 0.648. The Kier molecular flexibility index (Phi) is 7.81. The molecule has 0 amide bonds. The SMILES string of the molecule is [CH]=Cc1cc(OCC(CCCC)OCC)[c]cc1OC. The summed E-state index contributed by atoms with van der Waals surface area (Å²) in [5.74, 6) is 1.34. The van der Waals surface area contributed by atoms with Gasteiger partial charge in [-0.1, -0.05) is 32.4 Å². The van der Waals surface area contributed by atoms with Crippen LogP contribution in [0.2, 0.25) is 0 Å². The third kappa shape index (κ3) is 5.25. The molecule has 110 valence electrons. The van der Waals surface area contributed by atoms with E-state index in [0.29, 0.717) is 24.7 Å². The van der Waals surface area contributed by atoms with Crippen LogP contribution in [-0.2, 0) is 4.74 Å². The maximum Gasteiger partial charge on any atom is 0.128 e. The second kappa shape index (κ2) is 9.43. The van der Waals surface area contributed by atoms with Crippen LogP contribution in [0.5, 0.6) is 11.5 Å². The fraction of sp³-hybridized carbons (Fsp3) is 0.529. The minimum absolute atomic E-state index is 0.126. The van der Waals surface area contributed by atoms with Gasteiger partial charge >= 0.3 is 0 Å². The number of methoxy groups -OCH3 is 1. The topological polar surface area (TPSA) is 27.7 Å². The molecule has 20 heavy (non-hydrogen) atoms. The average molecular weight is 276 g/mol. The average Bonchev–Trinajstić information content (AvgIpc) is 2.49. The zero-order chi connectivity index (χ0) is 14.8. The van der Waals surface area contributed by atoms with E-state index in [1.807, 2.05) is 13.0 Å². The summed E-state index contributed by atoms with van der Waals surface area (Å²) in [6, 6.07) is 6.59. The van der Waals surface area contributed by atoms with Crippen molar-refractivity contribution in [2.24, 2.45) is 0 Å². The first-order valence-corrected chi connectivity index (χ1v) is 7.14. The molecule has 0 fully saturated rings. The van der Waals surface area contributed by atoms with Crippen molar-refractivity contribution in [3.63, 3.8) is 0 Å². The summed E-state index contributed by atoms with van der Waals surface area (Å²) in [4.78, 5) is 0. The second-order valence-electron chi connectivity index (χ2n) is 4.52. The van der Waals surface area contributed by atoms with Crippen LogP contribution >= 0.6 is 0 Å². The Morgan fingerprint density at radius 1 is 1.40 bits per heavy atom. The van der Waals surface area contributed by atoms with Gasteiger partial charge in [-0.25, -0.2) is 0 Å². The largest absolute Gasteiger partial charge is 0.496 e. The standard InChI is InChI=1S/C17H24O3/c1-5-8-9-16(19-7-3)13-20-15-10-11-17(18-4)14(6-2)12-15/h2,6,11-12,16H,5,7-9,13H2,1,3-4H3. The number of benzene rings is 1. The first-order valence-electron chi connectivity index (χ1n) is 7.14. The Morgan fingerprint density at radius 3 is 2.80 bits per heavy atom. The fourth-order valence-corrected chi connectivity index (χ4v) is 1.93. The highest BCUT2D eigenvalue weighted by atomic mass is 16.5. The van der Waals surface area contributed by atoms with Crippen LogP contribution in [0.15, 0.2) is 12.1 Å². The van der Waals surface area contributed by atoms with Gasteiger partial charge in [0.05, 0.1) is 13.2 Å². The highest BCUT2D eigenvalue weighted by Crippen LogP contribution is 2.24. The lowest BCUT2D eigenvalue weighted by Crippen LogP contribution is -2.21. The van der Waals surface area contributed by atoms with Crippen molar-refractivity contribution in [1.82, 2.24) is 0 Å². The van der Waals surface area contributed by atoms with Crippen molar-refractivity contribution in [3.05, 3.63) is 30.3 Å². The molecule has 3 heteroatoms. The van der Waals surface area contributed by atoms with Crippen LogP contribution in [-0.4, -0.2) is 26.4 Å². The maximum atomic E-state index is 5.75. The van der Waals surface area contributed by atoms with E-state index in [1.165, 1.54) is 6.08 Å². The van der Waals surface area contributed by atoms with Gasteiger partial charge in [-0.15, -0.1) is 0 Å². The predicted molar refractivity (Wildman–Crippen MR) is 81.0 cm³/mol. The molecule has 1 unspecified atom stereocenters. The third-order valence-corrected chi connectivity index (χ3v) is 3.02. The lowest BCUT2D eigenvalue weighted by molar-refractivity contribution is 0.0211. The summed E-state index contributed by atoms with van der Waals surface area (Å²) in [7, 11) is 1.60. The molecule has 1 aromatic rings. The number of ether oxygens (including phenoxy) is 3. The first kappa shape index (κ1) is 16.6. The Morgan fingerprint density at radius 2 is 2.20 bits per heavy atom. The van der Waals surface area contributed by atoms with Crippen molar-refractivity contribution in [1.29, 1.82) is 0 Å². The zero-order valence-electron chi connectivity index (χ0n) is 12.6. The van der Waals surface area contributed by atoms with E-state index in [9.17, 15) is 0 Å².